The topological polar surface area (TPSA) is 26.3 Å². The number of hydrogen-bond donors (Lipinski definition) is 0. The number of carbonyl (C=O) groups excluding carboxylic acids is 1. The van der Waals surface area contributed by atoms with Crippen molar-refractivity contribution in [2.45, 2.75) is 55.3 Å². The molecule has 0 bridgehead atoms. The normalized spacial score (nSPS) is 10.8. The Morgan fingerprint density at radius 1 is 1.12 bits per heavy atom. The molecule has 0 fully saturated rings. The van der Waals surface area contributed by atoms with Gasteiger partial charge in [0.25, 0.3) is 0 Å². The summed E-state index contributed by atoms with van der Waals surface area (Å²) in [7, 11) is 1.84. The summed E-state index contributed by atoms with van der Waals surface area (Å²) < 4.78 is 5.17. The van der Waals surface area contributed by atoms with Crippen LogP contribution in [0.3, 0.4) is 0 Å². The molecule has 0 aromatic carbocycles. The van der Waals surface area contributed by atoms with Crippen molar-refractivity contribution in [1.29, 1.82) is 0 Å². The molecule has 0 saturated carbocycles. The van der Waals surface area contributed by atoms with E-state index in [2.05, 4.69) is 16.8 Å². The van der Waals surface area contributed by atoms with E-state index in [4.69, 9.17) is 4.74 Å². The molecule has 0 atom stereocenters. The van der Waals surface area contributed by atoms with Crippen LogP contribution in [-0.4, -0.2) is 36.7 Å². The molecule has 0 amide bonds. The van der Waals surface area contributed by atoms with Crippen LogP contribution in [0.5, 0.6) is 0 Å². The van der Waals surface area contributed by atoms with Gasteiger partial charge in [0, 0.05) is 0 Å². The summed E-state index contributed by atoms with van der Waals surface area (Å²) in [5.41, 5.74) is 0. The van der Waals surface area contributed by atoms with Gasteiger partial charge in [-0.2, -0.15) is 0 Å². The fourth-order valence-corrected chi connectivity index (χ4v) is 5.28. The van der Waals surface area contributed by atoms with E-state index in [1.165, 1.54) is 32.1 Å². The Hall–Kier alpha value is 0.619. The SMILES string of the molecule is CCCCCCCCOC(=O)C[S][Sn]([CH3])[CH3]. The van der Waals surface area contributed by atoms with Gasteiger partial charge in [-0.15, -0.1) is 0 Å². The first-order chi connectivity index (χ1) is 7.66. The molecule has 0 rings (SSSR count). The number of unbranched alkanes of at least 4 members (excludes halogenated alkanes) is 5. The van der Waals surface area contributed by atoms with Crippen LogP contribution < -0.4 is 0 Å². The molecule has 16 heavy (non-hydrogen) atoms. The molecule has 0 unspecified atom stereocenters. The van der Waals surface area contributed by atoms with Gasteiger partial charge < -0.3 is 0 Å². The standard InChI is InChI=1S/C10H20O2S.2CH3.Sn/c1-2-3-4-5-6-7-8-12-10(11)9-13;;;/h13H,2-9H2,1H3;2*1H3;/q;;;+1/p-1. The van der Waals surface area contributed by atoms with Crippen LogP contribution in [0.1, 0.15) is 45.4 Å². The monoisotopic (exact) mass is 353 g/mol. The van der Waals surface area contributed by atoms with Gasteiger partial charge in [0.05, 0.1) is 0 Å². The van der Waals surface area contributed by atoms with Crippen LogP contribution in [0, 0.1) is 0 Å². The van der Waals surface area contributed by atoms with E-state index in [0.717, 1.165) is 6.42 Å². The Labute approximate surface area is 110 Å². The molecule has 0 heterocycles. The van der Waals surface area contributed by atoms with Crippen LogP contribution in [-0.2, 0) is 9.53 Å². The molecule has 95 valence electrons. The molecule has 1 radical (unpaired) electrons. The van der Waals surface area contributed by atoms with Crippen molar-refractivity contribution >= 4 is 33.3 Å². The molecule has 0 spiro atoms. The fraction of sp³-hybridized carbons (Fsp3) is 0.917. The molecule has 0 aliphatic heterocycles. The molecular weight excluding hydrogens is 327 g/mol. The van der Waals surface area contributed by atoms with Crippen molar-refractivity contribution in [3.05, 3.63) is 0 Å². The Morgan fingerprint density at radius 2 is 1.75 bits per heavy atom. The van der Waals surface area contributed by atoms with E-state index >= 15 is 0 Å². The second kappa shape index (κ2) is 12.1. The Bertz CT molecular complexity index is 174. The third kappa shape index (κ3) is 12.7. The van der Waals surface area contributed by atoms with E-state index < -0.39 is 18.4 Å². The van der Waals surface area contributed by atoms with E-state index in [9.17, 15) is 4.79 Å². The zero-order chi connectivity index (χ0) is 12.2. The molecule has 0 aromatic rings. The van der Waals surface area contributed by atoms with Crippen molar-refractivity contribution < 1.29 is 9.53 Å². The quantitative estimate of drug-likeness (QED) is 0.339. The second-order valence-corrected chi connectivity index (χ2v) is 17.9. The zero-order valence-electron chi connectivity index (χ0n) is 10.9. The van der Waals surface area contributed by atoms with Gasteiger partial charge in [-0.1, -0.05) is 0 Å². The number of esters is 1. The molecule has 0 aromatic heterocycles. The van der Waals surface area contributed by atoms with E-state index in [1.807, 2.05) is 8.95 Å². The van der Waals surface area contributed by atoms with Crippen LogP contribution >= 0.6 is 8.95 Å². The summed E-state index contributed by atoms with van der Waals surface area (Å²) in [6.07, 6.45) is 7.45. The van der Waals surface area contributed by atoms with Crippen molar-refractivity contribution in [2.75, 3.05) is 12.4 Å². The van der Waals surface area contributed by atoms with Gasteiger partial charge >= 0.3 is 111 Å². The first-order valence-corrected chi connectivity index (χ1v) is 16.4. The van der Waals surface area contributed by atoms with Crippen LogP contribution in [0.4, 0.5) is 0 Å². The van der Waals surface area contributed by atoms with Crippen molar-refractivity contribution in [3.8, 4) is 0 Å². The molecular formula is C12H25O2SSn. The minimum absolute atomic E-state index is 0.0136. The summed E-state index contributed by atoms with van der Waals surface area (Å²) in [4.78, 5) is 15.8. The maximum absolute atomic E-state index is 11.3. The summed E-state index contributed by atoms with van der Waals surface area (Å²) >= 11 is -1.16. The summed E-state index contributed by atoms with van der Waals surface area (Å²) in [5, 5.41) is 0. The summed E-state index contributed by atoms with van der Waals surface area (Å²) in [6.45, 7) is 2.84. The van der Waals surface area contributed by atoms with E-state index in [-0.39, 0.29) is 5.97 Å². The number of rotatable bonds is 10. The van der Waals surface area contributed by atoms with E-state index in [1.54, 1.807) is 0 Å². The van der Waals surface area contributed by atoms with Gasteiger partial charge in [-0.05, 0) is 0 Å². The average Bonchev–Trinajstić information content (AvgIpc) is 2.25. The molecule has 4 heteroatoms. The first kappa shape index (κ1) is 16.6. The first-order valence-electron chi connectivity index (χ1n) is 6.25. The Balaban J connectivity index is 3.15. The van der Waals surface area contributed by atoms with Crippen molar-refractivity contribution in [3.63, 3.8) is 0 Å². The van der Waals surface area contributed by atoms with Gasteiger partial charge in [-0.3, -0.25) is 0 Å². The van der Waals surface area contributed by atoms with Crippen LogP contribution in [0.2, 0.25) is 9.88 Å². The third-order valence-corrected chi connectivity index (χ3v) is 9.38. The predicted molar refractivity (Wildman–Crippen MR) is 74.3 cm³/mol. The fourth-order valence-electron chi connectivity index (χ4n) is 1.31. The molecule has 2 nitrogen and oxygen atoms in total. The van der Waals surface area contributed by atoms with E-state index in [0.29, 0.717) is 12.4 Å². The van der Waals surface area contributed by atoms with Gasteiger partial charge in [-0.25, -0.2) is 0 Å². The number of ether oxygens (including phenoxy) is 1. The number of hydrogen-bond acceptors (Lipinski definition) is 3. The zero-order valence-corrected chi connectivity index (χ0v) is 14.6. The molecule has 0 aliphatic carbocycles. The summed E-state index contributed by atoms with van der Waals surface area (Å²) in [6, 6.07) is 0. The second-order valence-electron chi connectivity index (χ2n) is 4.19. The predicted octanol–water partition coefficient (Wildman–Crippen LogP) is 3.87. The van der Waals surface area contributed by atoms with Crippen LogP contribution in [0.15, 0.2) is 0 Å². The Kier molecular flexibility index (Phi) is 12.6. The minimum atomic E-state index is -1.16. The average molecular weight is 352 g/mol. The molecule has 0 aliphatic rings. The third-order valence-electron chi connectivity index (χ3n) is 2.24. The maximum atomic E-state index is 11.3. The van der Waals surface area contributed by atoms with Gasteiger partial charge in [0.2, 0.25) is 0 Å². The van der Waals surface area contributed by atoms with Crippen molar-refractivity contribution in [2.24, 2.45) is 0 Å². The van der Waals surface area contributed by atoms with Crippen LogP contribution in [0.25, 0.3) is 0 Å². The van der Waals surface area contributed by atoms with Gasteiger partial charge in [0.1, 0.15) is 0 Å². The molecule has 0 saturated heterocycles. The Morgan fingerprint density at radius 3 is 2.38 bits per heavy atom. The molecule has 0 N–H and O–H groups in total. The van der Waals surface area contributed by atoms with Crippen molar-refractivity contribution in [1.82, 2.24) is 0 Å². The number of carbonyl (C=O) groups is 1. The van der Waals surface area contributed by atoms with Gasteiger partial charge in [0.15, 0.2) is 0 Å². The summed E-state index contributed by atoms with van der Waals surface area (Å²) in [5.74, 6) is 0.567.